The molecule has 0 radical (unpaired) electrons. The summed E-state index contributed by atoms with van der Waals surface area (Å²) in [6.07, 6.45) is 2.97. The first kappa shape index (κ1) is 22.2. The number of aromatic nitrogens is 4. The van der Waals surface area contributed by atoms with Crippen LogP contribution in [0.2, 0.25) is 0 Å². The predicted molar refractivity (Wildman–Crippen MR) is 129 cm³/mol. The topological polar surface area (TPSA) is 109 Å². The van der Waals surface area contributed by atoms with Gasteiger partial charge in [0.15, 0.2) is 6.10 Å². The standard InChI is InChI=1S/C26H21N5O4/c1-17-23(24(29-35-17)18-8-4-3-5-9-18)22-16-30(19-11-13-20(14-12-19)31(32)33)26(28-22)25(34-2)21-10-6-7-15-27-21/h3-16,25H,1-2H3. The smallest absolute Gasteiger partial charge is 0.269 e. The Labute approximate surface area is 200 Å². The fourth-order valence-corrected chi connectivity index (χ4v) is 4.00. The van der Waals surface area contributed by atoms with Gasteiger partial charge in [-0.3, -0.25) is 15.1 Å². The summed E-state index contributed by atoms with van der Waals surface area (Å²) in [5.41, 5.74) is 4.35. The Morgan fingerprint density at radius 2 is 1.77 bits per heavy atom. The number of ether oxygens (including phenoxy) is 1. The highest BCUT2D eigenvalue weighted by Gasteiger charge is 2.26. The fourth-order valence-electron chi connectivity index (χ4n) is 4.00. The number of hydrogen-bond acceptors (Lipinski definition) is 7. The lowest BCUT2D eigenvalue weighted by Gasteiger charge is -2.16. The van der Waals surface area contributed by atoms with Gasteiger partial charge < -0.3 is 13.8 Å². The predicted octanol–water partition coefficient (Wildman–Crippen LogP) is 5.54. The lowest BCUT2D eigenvalue weighted by Crippen LogP contribution is -2.12. The Kier molecular flexibility index (Phi) is 5.90. The van der Waals surface area contributed by atoms with Gasteiger partial charge in [-0.25, -0.2) is 4.98 Å². The van der Waals surface area contributed by atoms with Crippen LogP contribution in [-0.4, -0.2) is 31.7 Å². The van der Waals surface area contributed by atoms with E-state index in [0.717, 1.165) is 11.1 Å². The molecule has 5 rings (SSSR count). The molecule has 174 valence electrons. The fraction of sp³-hybridized carbons (Fsp3) is 0.115. The van der Waals surface area contributed by atoms with Crippen LogP contribution in [0.25, 0.3) is 28.2 Å². The third-order valence-electron chi connectivity index (χ3n) is 5.66. The van der Waals surface area contributed by atoms with Crippen molar-refractivity contribution in [1.82, 2.24) is 19.7 Å². The largest absolute Gasteiger partial charge is 0.367 e. The van der Waals surface area contributed by atoms with Crippen LogP contribution in [0.3, 0.4) is 0 Å². The van der Waals surface area contributed by atoms with Crippen molar-refractivity contribution in [3.63, 3.8) is 0 Å². The molecule has 0 amide bonds. The van der Waals surface area contributed by atoms with E-state index in [0.29, 0.717) is 34.4 Å². The highest BCUT2D eigenvalue weighted by atomic mass is 16.6. The number of aryl methyl sites for hydroxylation is 1. The lowest BCUT2D eigenvalue weighted by atomic mass is 10.0. The number of non-ortho nitro benzene ring substituents is 1. The van der Waals surface area contributed by atoms with E-state index in [1.165, 1.54) is 12.1 Å². The van der Waals surface area contributed by atoms with E-state index in [-0.39, 0.29) is 5.69 Å². The van der Waals surface area contributed by atoms with E-state index in [1.54, 1.807) is 25.4 Å². The number of nitrogens with zero attached hydrogens (tertiary/aromatic N) is 5. The van der Waals surface area contributed by atoms with Crippen molar-refractivity contribution in [3.8, 4) is 28.2 Å². The highest BCUT2D eigenvalue weighted by Crippen LogP contribution is 2.36. The number of hydrogen-bond donors (Lipinski definition) is 0. The monoisotopic (exact) mass is 467 g/mol. The molecule has 9 heteroatoms. The molecule has 0 aliphatic rings. The first-order chi connectivity index (χ1) is 17.1. The third kappa shape index (κ3) is 4.20. The van der Waals surface area contributed by atoms with Gasteiger partial charge in [0, 0.05) is 42.9 Å². The summed E-state index contributed by atoms with van der Waals surface area (Å²) in [5, 5.41) is 15.5. The normalized spacial score (nSPS) is 11.9. The van der Waals surface area contributed by atoms with Crippen LogP contribution >= 0.6 is 0 Å². The van der Waals surface area contributed by atoms with Crippen molar-refractivity contribution in [2.75, 3.05) is 7.11 Å². The maximum Gasteiger partial charge on any atom is 0.269 e. The second-order valence-electron chi connectivity index (χ2n) is 7.83. The molecular formula is C26H21N5O4. The summed E-state index contributed by atoms with van der Waals surface area (Å²) in [6, 6.07) is 21.6. The number of nitro benzene ring substituents is 1. The first-order valence-corrected chi connectivity index (χ1v) is 10.9. The van der Waals surface area contributed by atoms with Crippen molar-refractivity contribution >= 4 is 5.69 Å². The second kappa shape index (κ2) is 9.32. The molecule has 0 fully saturated rings. The van der Waals surface area contributed by atoms with E-state index < -0.39 is 11.0 Å². The minimum Gasteiger partial charge on any atom is -0.367 e. The highest BCUT2D eigenvalue weighted by molar-refractivity contribution is 5.80. The average molecular weight is 467 g/mol. The van der Waals surface area contributed by atoms with Crippen molar-refractivity contribution in [2.45, 2.75) is 13.0 Å². The van der Waals surface area contributed by atoms with Crippen molar-refractivity contribution in [2.24, 2.45) is 0 Å². The minimum absolute atomic E-state index is 0.00454. The molecule has 35 heavy (non-hydrogen) atoms. The zero-order valence-corrected chi connectivity index (χ0v) is 19.0. The van der Waals surface area contributed by atoms with Gasteiger partial charge in [-0.1, -0.05) is 41.6 Å². The molecule has 0 N–H and O–H groups in total. The first-order valence-electron chi connectivity index (χ1n) is 10.9. The van der Waals surface area contributed by atoms with Crippen LogP contribution in [0.5, 0.6) is 0 Å². The lowest BCUT2D eigenvalue weighted by molar-refractivity contribution is -0.384. The van der Waals surface area contributed by atoms with E-state index >= 15 is 0 Å². The average Bonchev–Trinajstić information content (AvgIpc) is 3.49. The number of nitro groups is 1. The second-order valence-corrected chi connectivity index (χ2v) is 7.83. The minimum atomic E-state index is -0.583. The molecule has 0 saturated heterocycles. The van der Waals surface area contributed by atoms with Gasteiger partial charge in [0.1, 0.15) is 17.3 Å². The van der Waals surface area contributed by atoms with Crippen molar-refractivity contribution in [1.29, 1.82) is 0 Å². The van der Waals surface area contributed by atoms with E-state index in [1.807, 2.05) is 66.2 Å². The van der Waals surface area contributed by atoms with E-state index in [9.17, 15) is 10.1 Å². The van der Waals surface area contributed by atoms with Gasteiger partial charge in [-0.15, -0.1) is 0 Å². The Balaban J connectivity index is 1.70. The van der Waals surface area contributed by atoms with E-state index in [2.05, 4.69) is 10.1 Å². The summed E-state index contributed by atoms with van der Waals surface area (Å²) in [6.45, 7) is 1.84. The summed E-state index contributed by atoms with van der Waals surface area (Å²) in [4.78, 5) is 20.1. The van der Waals surface area contributed by atoms with Crippen LogP contribution in [0.15, 0.2) is 89.7 Å². The molecule has 0 spiro atoms. The zero-order valence-electron chi connectivity index (χ0n) is 19.0. The van der Waals surface area contributed by atoms with Gasteiger partial charge in [-0.2, -0.15) is 0 Å². The molecule has 0 aliphatic heterocycles. The molecule has 5 aromatic rings. The Morgan fingerprint density at radius 3 is 2.43 bits per heavy atom. The number of benzene rings is 2. The number of rotatable bonds is 7. The summed E-state index contributed by atoms with van der Waals surface area (Å²) < 4.78 is 13.2. The van der Waals surface area contributed by atoms with E-state index in [4.69, 9.17) is 14.2 Å². The SMILES string of the molecule is COC(c1ccccn1)c1nc(-c2c(-c3ccccc3)noc2C)cn1-c1ccc([N+](=O)[O-])cc1. The Bertz CT molecular complexity index is 1460. The number of methoxy groups -OCH3 is 1. The molecule has 1 atom stereocenters. The van der Waals surface area contributed by atoms with Gasteiger partial charge in [0.2, 0.25) is 0 Å². The molecule has 1 unspecified atom stereocenters. The van der Waals surface area contributed by atoms with Crippen LogP contribution in [0, 0.1) is 17.0 Å². The van der Waals surface area contributed by atoms with Crippen LogP contribution in [0.1, 0.15) is 23.4 Å². The van der Waals surface area contributed by atoms with Gasteiger partial charge >= 0.3 is 0 Å². The van der Waals surface area contributed by atoms with Gasteiger partial charge in [0.05, 0.1) is 21.9 Å². The Morgan fingerprint density at radius 1 is 1.03 bits per heavy atom. The van der Waals surface area contributed by atoms with Gasteiger partial charge in [0.25, 0.3) is 5.69 Å². The number of imidazole rings is 1. The van der Waals surface area contributed by atoms with Crippen LogP contribution < -0.4 is 0 Å². The molecule has 0 aliphatic carbocycles. The summed E-state index contributed by atoms with van der Waals surface area (Å²) >= 11 is 0. The van der Waals surface area contributed by atoms with Crippen molar-refractivity contribution in [3.05, 3.63) is 113 Å². The Hall–Kier alpha value is -4.63. The molecule has 3 heterocycles. The van der Waals surface area contributed by atoms with Gasteiger partial charge in [-0.05, 0) is 31.2 Å². The molecule has 2 aromatic carbocycles. The van der Waals surface area contributed by atoms with Crippen LogP contribution in [-0.2, 0) is 4.74 Å². The maximum atomic E-state index is 11.2. The molecular weight excluding hydrogens is 446 g/mol. The molecule has 9 nitrogen and oxygen atoms in total. The molecule has 3 aromatic heterocycles. The zero-order chi connectivity index (χ0) is 24.4. The number of pyridine rings is 1. The quantitative estimate of drug-likeness (QED) is 0.228. The molecule has 0 saturated carbocycles. The maximum absolute atomic E-state index is 11.2. The molecule has 0 bridgehead atoms. The summed E-state index contributed by atoms with van der Waals surface area (Å²) in [7, 11) is 1.59. The third-order valence-corrected chi connectivity index (χ3v) is 5.66. The van der Waals surface area contributed by atoms with Crippen LogP contribution in [0.4, 0.5) is 5.69 Å². The summed E-state index contributed by atoms with van der Waals surface area (Å²) in [5.74, 6) is 1.19. The van der Waals surface area contributed by atoms with Crippen molar-refractivity contribution < 1.29 is 14.2 Å².